The van der Waals surface area contributed by atoms with Gasteiger partial charge in [0.25, 0.3) is 5.91 Å². The van der Waals surface area contributed by atoms with E-state index in [-0.39, 0.29) is 5.91 Å². The fourth-order valence-electron chi connectivity index (χ4n) is 2.07. The summed E-state index contributed by atoms with van der Waals surface area (Å²) in [5, 5.41) is 10.8. The van der Waals surface area contributed by atoms with Crippen LogP contribution in [0, 0.1) is 6.92 Å². The molecule has 6 nitrogen and oxygen atoms in total. The lowest BCUT2D eigenvalue weighted by Gasteiger charge is -2.32. The molecule has 22 heavy (non-hydrogen) atoms. The van der Waals surface area contributed by atoms with E-state index in [2.05, 4.69) is 5.43 Å². The Balaban J connectivity index is 2.20. The van der Waals surface area contributed by atoms with Gasteiger partial charge in [0.2, 0.25) is 0 Å². The lowest BCUT2D eigenvalue weighted by atomic mass is 10.2. The molecule has 0 saturated carbocycles. The molecule has 118 valence electrons. The highest BCUT2D eigenvalue weighted by atomic mass is 35.5. The van der Waals surface area contributed by atoms with Crippen molar-refractivity contribution in [3.05, 3.63) is 40.9 Å². The number of carbonyl (C=O) groups excluding carboxylic acids is 1. The van der Waals surface area contributed by atoms with E-state index >= 15 is 0 Å². The molecule has 1 aromatic carbocycles. The van der Waals surface area contributed by atoms with Gasteiger partial charge in [-0.25, -0.2) is 9.80 Å². The minimum atomic E-state index is -1.04. The average Bonchev–Trinajstić information content (AvgIpc) is 2.48. The number of amides is 1. The van der Waals surface area contributed by atoms with E-state index in [0.717, 1.165) is 5.56 Å². The Morgan fingerprint density at radius 2 is 2.27 bits per heavy atom. The molecule has 0 fully saturated rings. The van der Waals surface area contributed by atoms with Crippen molar-refractivity contribution in [2.75, 3.05) is 5.01 Å². The molecule has 7 heteroatoms. The van der Waals surface area contributed by atoms with Crippen molar-refractivity contribution in [2.45, 2.75) is 32.6 Å². The molecule has 0 saturated heterocycles. The number of ether oxygens (including phenoxy) is 1. The molecule has 0 aliphatic carbocycles. The highest BCUT2D eigenvalue weighted by molar-refractivity contribution is 6.31. The van der Waals surface area contributed by atoms with Crippen LogP contribution in [0.5, 0.6) is 0 Å². The lowest BCUT2D eigenvalue weighted by Crippen LogP contribution is -2.53. The van der Waals surface area contributed by atoms with Gasteiger partial charge in [-0.05, 0) is 37.1 Å². The van der Waals surface area contributed by atoms with E-state index in [1.165, 1.54) is 17.2 Å². The largest absolute Gasteiger partial charge is 0.479 e. The molecule has 1 heterocycles. The molecule has 2 atom stereocenters. The number of hydrogen-bond donors (Lipinski definition) is 2. The number of nitrogens with one attached hydrogen (secondary N) is 1. The smallest absolute Gasteiger partial charge is 0.332 e. The summed E-state index contributed by atoms with van der Waals surface area (Å²) in [7, 11) is 0. The molecule has 0 bridgehead atoms. The average molecular weight is 325 g/mol. The summed E-state index contributed by atoms with van der Waals surface area (Å²) in [5.41, 5.74) is 4.31. The highest BCUT2D eigenvalue weighted by Crippen LogP contribution is 2.25. The Bertz CT molecular complexity index is 618. The summed E-state index contributed by atoms with van der Waals surface area (Å²) >= 11 is 5.98. The minimum Gasteiger partial charge on any atom is -0.479 e. The Morgan fingerprint density at radius 3 is 2.91 bits per heavy atom. The number of anilines is 1. The maximum atomic E-state index is 12.1. The third kappa shape index (κ3) is 3.65. The van der Waals surface area contributed by atoms with Crippen LogP contribution in [-0.4, -0.2) is 29.3 Å². The SMILES string of the molecule is CC[C@H](O[C@H]1C=CC(=O)N(c2cc(Cl)ccc2C)N1)C(=O)O. The Hall–Kier alpha value is -1.89. The first-order valence-electron chi connectivity index (χ1n) is 6.85. The van der Waals surface area contributed by atoms with E-state index in [1.807, 2.05) is 6.92 Å². The highest BCUT2D eigenvalue weighted by Gasteiger charge is 2.27. The molecule has 2 N–H and O–H groups in total. The maximum absolute atomic E-state index is 12.1. The van der Waals surface area contributed by atoms with Crippen LogP contribution in [0.15, 0.2) is 30.4 Å². The first kappa shape index (κ1) is 16.5. The number of nitrogens with zero attached hydrogens (tertiary/aromatic N) is 1. The van der Waals surface area contributed by atoms with Gasteiger partial charge < -0.3 is 9.84 Å². The number of halogens is 1. The number of hydrogen-bond acceptors (Lipinski definition) is 4. The number of aryl methyl sites for hydroxylation is 1. The predicted octanol–water partition coefficient (Wildman–Crippen LogP) is 2.26. The van der Waals surface area contributed by atoms with Crippen LogP contribution >= 0.6 is 11.6 Å². The van der Waals surface area contributed by atoms with Crippen LogP contribution < -0.4 is 10.4 Å². The third-order valence-corrected chi connectivity index (χ3v) is 3.49. The Kier molecular flexibility index (Phi) is 5.18. The van der Waals surface area contributed by atoms with Gasteiger partial charge in [0.1, 0.15) is 6.23 Å². The van der Waals surface area contributed by atoms with Crippen molar-refractivity contribution in [3.8, 4) is 0 Å². The second-order valence-electron chi connectivity index (χ2n) is 4.88. The molecular weight excluding hydrogens is 308 g/mol. The zero-order chi connectivity index (χ0) is 16.3. The molecule has 1 amide bonds. The molecule has 1 aliphatic rings. The van der Waals surface area contributed by atoms with Crippen molar-refractivity contribution in [1.29, 1.82) is 0 Å². The maximum Gasteiger partial charge on any atom is 0.332 e. The molecule has 2 rings (SSSR count). The monoisotopic (exact) mass is 324 g/mol. The summed E-state index contributed by atoms with van der Waals surface area (Å²) in [6.45, 7) is 3.57. The van der Waals surface area contributed by atoms with E-state index < -0.39 is 18.3 Å². The summed E-state index contributed by atoms with van der Waals surface area (Å²) in [6, 6.07) is 5.19. The van der Waals surface area contributed by atoms with Crippen LogP contribution in [0.1, 0.15) is 18.9 Å². The molecule has 1 aromatic rings. The summed E-state index contributed by atoms with van der Waals surface area (Å²) < 4.78 is 5.45. The predicted molar refractivity (Wildman–Crippen MR) is 82.5 cm³/mol. The van der Waals surface area contributed by atoms with Crippen LogP contribution in [0.4, 0.5) is 5.69 Å². The summed E-state index contributed by atoms with van der Waals surface area (Å²) in [4.78, 5) is 23.1. The zero-order valence-electron chi connectivity index (χ0n) is 12.2. The summed E-state index contributed by atoms with van der Waals surface area (Å²) in [5.74, 6) is -1.33. The van der Waals surface area contributed by atoms with Crippen molar-refractivity contribution in [3.63, 3.8) is 0 Å². The minimum absolute atomic E-state index is 0.284. The van der Waals surface area contributed by atoms with Crippen LogP contribution in [0.3, 0.4) is 0 Å². The van der Waals surface area contributed by atoms with E-state index in [4.69, 9.17) is 21.4 Å². The fraction of sp³-hybridized carbons (Fsp3) is 0.333. The third-order valence-electron chi connectivity index (χ3n) is 3.26. The lowest BCUT2D eigenvalue weighted by molar-refractivity contribution is -0.154. The van der Waals surface area contributed by atoms with Gasteiger partial charge in [-0.2, -0.15) is 5.43 Å². The molecule has 0 radical (unpaired) electrons. The molecule has 1 aliphatic heterocycles. The van der Waals surface area contributed by atoms with Gasteiger partial charge >= 0.3 is 5.97 Å². The summed E-state index contributed by atoms with van der Waals surface area (Å²) in [6.07, 6.45) is 1.50. The van der Waals surface area contributed by atoms with Gasteiger partial charge in [-0.15, -0.1) is 0 Å². The first-order valence-corrected chi connectivity index (χ1v) is 7.23. The van der Waals surface area contributed by atoms with Gasteiger partial charge in [0.05, 0.1) is 5.69 Å². The fourth-order valence-corrected chi connectivity index (χ4v) is 2.24. The first-order chi connectivity index (χ1) is 10.4. The molecule has 0 unspecified atom stereocenters. The number of benzene rings is 1. The number of rotatable bonds is 5. The van der Waals surface area contributed by atoms with Crippen LogP contribution in [0.2, 0.25) is 5.02 Å². The van der Waals surface area contributed by atoms with Gasteiger partial charge in [0, 0.05) is 11.1 Å². The Labute approximate surface area is 133 Å². The van der Waals surface area contributed by atoms with Crippen LogP contribution in [0.25, 0.3) is 0 Å². The molecular formula is C15H17ClN2O4. The van der Waals surface area contributed by atoms with Gasteiger partial charge in [-0.3, -0.25) is 4.79 Å². The van der Waals surface area contributed by atoms with Gasteiger partial charge in [-0.1, -0.05) is 24.6 Å². The van der Waals surface area contributed by atoms with Crippen molar-refractivity contribution in [1.82, 2.24) is 5.43 Å². The topological polar surface area (TPSA) is 78.9 Å². The van der Waals surface area contributed by atoms with Crippen molar-refractivity contribution < 1.29 is 19.4 Å². The number of carboxylic acids is 1. The van der Waals surface area contributed by atoms with Crippen molar-refractivity contribution in [2.24, 2.45) is 0 Å². The zero-order valence-corrected chi connectivity index (χ0v) is 13.0. The van der Waals surface area contributed by atoms with E-state index in [9.17, 15) is 9.59 Å². The molecule has 0 spiro atoms. The van der Waals surface area contributed by atoms with Gasteiger partial charge in [0.15, 0.2) is 6.10 Å². The van der Waals surface area contributed by atoms with Crippen molar-refractivity contribution >= 4 is 29.2 Å². The number of aliphatic carboxylic acids is 1. The normalized spacial score (nSPS) is 19.3. The number of carbonyl (C=O) groups is 2. The second-order valence-corrected chi connectivity index (χ2v) is 5.32. The number of hydrazine groups is 1. The second kappa shape index (κ2) is 6.91. The Morgan fingerprint density at radius 1 is 1.55 bits per heavy atom. The quantitative estimate of drug-likeness (QED) is 0.868. The standard InChI is InChI=1S/C15H17ClN2O4/c1-3-12(15(20)21)22-13-6-7-14(19)18(17-13)11-8-10(16)5-4-9(11)2/h4-8,12-13,17H,3H2,1-2H3,(H,20,21)/t12-,13-/m0/s1. The molecule has 0 aromatic heterocycles. The van der Waals surface area contributed by atoms with Crippen LogP contribution in [-0.2, 0) is 14.3 Å². The number of carboxylic acid groups (broad SMARTS) is 1. The van der Waals surface area contributed by atoms with E-state index in [0.29, 0.717) is 17.1 Å². The van der Waals surface area contributed by atoms with E-state index in [1.54, 1.807) is 25.1 Å².